The summed E-state index contributed by atoms with van der Waals surface area (Å²) in [5.41, 5.74) is 3.98. The van der Waals surface area contributed by atoms with Crippen LogP contribution in [-0.2, 0) is 6.42 Å². The SMILES string of the molecule is Cc1ccc(-c2ccc3cc(C(=O)NCCc4cccs4)[nH]c3n2)cn1. The minimum absolute atomic E-state index is 0.113. The van der Waals surface area contributed by atoms with Gasteiger partial charge in [-0.15, -0.1) is 11.3 Å². The smallest absolute Gasteiger partial charge is 0.267 e. The normalized spacial score (nSPS) is 11.0. The van der Waals surface area contributed by atoms with E-state index in [2.05, 4.69) is 26.3 Å². The zero-order valence-electron chi connectivity index (χ0n) is 14.3. The van der Waals surface area contributed by atoms with Gasteiger partial charge in [0.05, 0.1) is 5.69 Å². The van der Waals surface area contributed by atoms with Crippen molar-refractivity contribution in [1.29, 1.82) is 0 Å². The number of hydrogen-bond acceptors (Lipinski definition) is 4. The van der Waals surface area contributed by atoms with Crippen LogP contribution in [0, 0.1) is 6.92 Å². The van der Waals surface area contributed by atoms with Crippen LogP contribution in [0.15, 0.2) is 54.0 Å². The van der Waals surface area contributed by atoms with Crippen LogP contribution in [0.1, 0.15) is 21.1 Å². The fourth-order valence-electron chi connectivity index (χ4n) is 2.76. The topological polar surface area (TPSA) is 70.7 Å². The van der Waals surface area contributed by atoms with Crippen molar-refractivity contribution in [2.45, 2.75) is 13.3 Å². The molecule has 0 fully saturated rings. The average molecular weight is 362 g/mol. The number of nitrogens with one attached hydrogen (secondary N) is 2. The minimum atomic E-state index is -0.113. The van der Waals surface area contributed by atoms with Crippen LogP contribution in [0.3, 0.4) is 0 Å². The zero-order valence-corrected chi connectivity index (χ0v) is 15.1. The Morgan fingerprint density at radius 3 is 2.92 bits per heavy atom. The number of pyridine rings is 2. The Morgan fingerprint density at radius 2 is 2.15 bits per heavy atom. The second-order valence-corrected chi connectivity index (χ2v) is 7.12. The van der Waals surface area contributed by atoms with Crippen molar-refractivity contribution in [3.8, 4) is 11.3 Å². The van der Waals surface area contributed by atoms with E-state index in [1.165, 1.54) is 4.88 Å². The van der Waals surface area contributed by atoms with Crippen molar-refractivity contribution in [1.82, 2.24) is 20.3 Å². The van der Waals surface area contributed by atoms with Crippen molar-refractivity contribution >= 4 is 28.3 Å². The lowest BCUT2D eigenvalue weighted by molar-refractivity contribution is 0.0950. The number of fused-ring (bicyclic) bond motifs is 1. The molecule has 0 aliphatic rings. The fourth-order valence-corrected chi connectivity index (χ4v) is 3.47. The predicted molar refractivity (Wildman–Crippen MR) is 104 cm³/mol. The Kier molecular flexibility index (Phi) is 4.50. The first-order valence-corrected chi connectivity index (χ1v) is 9.30. The number of amides is 1. The molecule has 1 amide bonds. The molecule has 130 valence electrons. The first-order valence-electron chi connectivity index (χ1n) is 8.42. The maximum atomic E-state index is 12.4. The maximum Gasteiger partial charge on any atom is 0.267 e. The number of H-pyrrole nitrogens is 1. The van der Waals surface area contributed by atoms with E-state index in [4.69, 9.17) is 0 Å². The number of thiophene rings is 1. The number of hydrogen-bond donors (Lipinski definition) is 2. The quantitative estimate of drug-likeness (QED) is 0.564. The molecule has 0 saturated carbocycles. The van der Waals surface area contributed by atoms with Gasteiger partial charge in [0.2, 0.25) is 0 Å². The van der Waals surface area contributed by atoms with Crippen molar-refractivity contribution in [2.24, 2.45) is 0 Å². The van der Waals surface area contributed by atoms with E-state index in [1.54, 1.807) is 11.3 Å². The highest BCUT2D eigenvalue weighted by molar-refractivity contribution is 7.09. The van der Waals surface area contributed by atoms with Gasteiger partial charge in [0, 0.05) is 34.3 Å². The summed E-state index contributed by atoms with van der Waals surface area (Å²) >= 11 is 1.70. The highest BCUT2D eigenvalue weighted by Crippen LogP contribution is 2.21. The Hall–Kier alpha value is -2.99. The second kappa shape index (κ2) is 7.09. The number of aromatic amines is 1. The van der Waals surface area contributed by atoms with Gasteiger partial charge in [-0.1, -0.05) is 6.07 Å². The highest BCUT2D eigenvalue weighted by atomic mass is 32.1. The molecular weight excluding hydrogens is 344 g/mol. The van der Waals surface area contributed by atoms with Gasteiger partial charge in [-0.25, -0.2) is 4.98 Å². The van der Waals surface area contributed by atoms with Crippen molar-refractivity contribution in [3.05, 3.63) is 70.3 Å². The van der Waals surface area contributed by atoms with Gasteiger partial charge in [0.25, 0.3) is 5.91 Å². The lowest BCUT2D eigenvalue weighted by Gasteiger charge is -2.02. The third-order valence-corrected chi connectivity index (χ3v) is 5.10. The van der Waals surface area contributed by atoms with Gasteiger partial charge in [0.1, 0.15) is 11.3 Å². The monoisotopic (exact) mass is 362 g/mol. The molecule has 0 spiro atoms. The molecular formula is C20H18N4OS. The van der Waals surface area contributed by atoms with Crippen molar-refractivity contribution in [3.63, 3.8) is 0 Å². The Balaban J connectivity index is 1.49. The molecule has 0 aliphatic carbocycles. The molecule has 0 bridgehead atoms. The first-order chi connectivity index (χ1) is 12.7. The maximum absolute atomic E-state index is 12.4. The lowest BCUT2D eigenvalue weighted by Crippen LogP contribution is -2.25. The van der Waals surface area contributed by atoms with Crippen LogP contribution >= 0.6 is 11.3 Å². The van der Waals surface area contributed by atoms with E-state index in [0.29, 0.717) is 17.9 Å². The Bertz CT molecular complexity index is 1040. The Morgan fingerprint density at radius 1 is 1.23 bits per heavy atom. The van der Waals surface area contributed by atoms with Gasteiger partial charge >= 0.3 is 0 Å². The molecule has 2 N–H and O–H groups in total. The van der Waals surface area contributed by atoms with E-state index in [9.17, 15) is 4.79 Å². The van der Waals surface area contributed by atoms with Crippen LogP contribution in [0.2, 0.25) is 0 Å². The number of nitrogens with zero attached hydrogens (tertiary/aromatic N) is 2. The molecule has 4 aromatic heterocycles. The van der Waals surface area contributed by atoms with Gasteiger partial charge in [-0.3, -0.25) is 9.78 Å². The minimum Gasteiger partial charge on any atom is -0.350 e. The summed E-state index contributed by atoms with van der Waals surface area (Å²) in [6.45, 7) is 2.57. The molecule has 26 heavy (non-hydrogen) atoms. The molecule has 0 aromatic carbocycles. The molecule has 4 aromatic rings. The summed E-state index contributed by atoms with van der Waals surface area (Å²) in [7, 11) is 0. The standard InChI is InChI=1S/C20H18N4OS/c1-13-4-5-15(12-22-13)17-7-6-14-11-18(24-19(14)23-17)20(25)21-9-8-16-3-2-10-26-16/h2-7,10-12H,8-9H2,1H3,(H,21,25)(H,23,24). The van der Waals surface area contributed by atoms with Gasteiger partial charge in [-0.2, -0.15) is 0 Å². The predicted octanol–water partition coefficient (Wildman–Crippen LogP) is 3.97. The Labute approximate surface area is 155 Å². The molecule has 6 heteroatoms. The van der Waals surface area contributed by atoms with E-state index < -0.39 is 0 Å². The van der Waals surface area contributed by atoms with Crippen LogP contribution in [-0.4, -0.2) is 27.4 Å². The molecule has 0 aliphatic heterocycles. The van der Waals surface area contributed by atoms with E-state index in [0.717, 1.165) is 28.8 Å². The number of carbonyl (C=O) groups is 1. The number of carbonyl (C=O) groups excluding carboxylic acids is 1. The van der Waals surface area contributed by atoms with Crippen LogP contribution in [0.25, 0.3) is 22.3 Å². The molecule has 5 nitrogen and oxygen atoms in total. The van der Waals surface area contributed by atoms with Crippen molar-refractivity contribution in [2.75, 3.05) is 6.54 Å². The van der Waals surface area contributed by atoms with E-state index in [-0.39, 0.29) is 5.91 Å². The molecule has 0 radical (unpaired) electrons. The average Bonchev–Trinajstić information content (AvgIpc) is 3.31. The lowest BCUT2D eigenvalue weighted by atomic mass is 10.1. The number of aryl methyl sites for hydroxylation is 1. The molecule has 4 heterocycles. The molecule has 0 atom stereocenters. The summed E-state index contributed by atoms with van der Waals surface area (Å²) in [4.78, 5) is 25.7. The van der Waals surface area contributed by atoms with Crippen LogP contribution < -0.4 is 5.32 Å². The zero-order chi connectivity index (χ0) is 17.9. The number of rotatable bonds is 5. The molecule has 0 saturated heterocycles. The van der Waals surface area contributed by atoms with E-state index >= 15 is 0 Å². The van der Waals surface area contributed by atoms with E-state index in [1.807, 2.05) is 54.9 Å². The summed E-state index contributed by atoms with van der Waals surface area (Å²) in [6.07, 6.45) is 2.65. The summed E-state index contributed by atoms with van der Waals surface area (Å²) in [5, 5.41) is 5.91. The van der Waals surface area contributed by atoms with Gasteiger partial charge < -0.3 is 10.3 Å². The third-order valence-electron chi connectivity index (χ3n) is 4.17. The van der Waals surface area contributed by atoms with Crippen LogP contribution in [0.5, 0.6) is 0 Å². The second-order valence-electron chi connectivity index (χ2n) is 6.09. The summed E-state index contributed by atoms with van der Waals surface area (Å²) < 4.78 is 0. The van der Waals surface area contributed by atoms with Crippen molar-refractivity contribution < 1.29 is 4.79 Å². The highest BCUT2D eigenvalue weighted by Gasteiger charge is 2.11. The first kappa shape index (κ1) is 16.5. The van der Waals surface area contributed by atoms with Crippen LogP contribution in [0.4, 0.5) is 0 Å². The largest absolute Gasteiger partial charge is 0.350 e. The third kappa shape index (κ3) is 3.50. The fraction of sp³-hybridized carbons (Fsp3) is 0.150. The van der Waals surface area contributed by atoms with Gasteiger partial charge in [-0.05, 0) is 55.1 Å². The molecule has 0 unspecified atom stereocenters. The van der Waals surface area contributed by atoms with Gasteiger partial charge in [0.15, 0.2) is 0 Å². The molecule has 4 rings (SSSR count). The summed E-state index contributed by atoms with van der Waals surface area (Å²) in [6, 6.07) is 13.8. The summed E-state index contributed by atoms with van der Waals surface area (Å²) in [5.74, 6) is -0.113. The number of aromatic nitrogens is 3.